The van der Waals surface area contributed by atoms with Crippen molar-refractivity contribution < 1.29 is 0 Å². The molecule has 0 saturated heterocycles. The summed E-state index contributed by atoms with van der Waals surface area (Å²) < 4.78 is 4.70. The Kier molecular flexibility index (Phi) is 6.49. The topological polar surface area (TPSA) is 61.4 Å². The van der Waals surface area contributed by atoms with Gasteiger partial charge in [-0.3, -0.25) is 0 Å². The third-order valence-corrected chi connectivity index (χ3v) is 13.8. The van der Waals surface area contributed by atoms with E-state index < -0.39 is 0 Å². The Bertz CT molecular complexity index is 3660. The molecule has 0 bridgehead atoms. The van der Waals surface area contributed by atoms with Crippen LogP contribution in [0.2, 0.25) is 0 Å². The fourth-order valence-corrected chi connectivity index (χ4v) is 11.3. The second kappa shape index (κ2) is 11.6. The number of fused-ring (bicyclic) bond motifs is 15. The Hall–Kier alpha value is -7.44. The predicted octanol–water partition coefficient (Wildman–Crippen LogP) is 12.9. The molecule has 0 atom stereocenters. The van der Waals surface area contributed by atoms with Crippen LogP contribution in [0.25, 0.3) is 99.4 Å². The van der Waals surface area contributed by atoms with Gasteiger partial charge in [0.1, 0.15) is 23.7 Å². The first-order valence-corrected chi connectivity index (χ1v) is 20.7. The molecule has 0 amide bonds. The van der Waals surface area contributed by atoms with Crippen LogP contribution < -0.4 is 0 Å². The van der Waals surface area contributed by atoms with E-state index >= 15 is 0 Å². The van der Waals surface area contributed by atoms with E-state index in [1.807, 2.05) is 12.4 Å². The first-order valence-electron chi connectivity index (χ1n) is 20.7. The van der Waals surface area contributed by atoms with Crippen LogP contribution in [0.15, 0.2) is 159 Å². The maximum Gasteiger partial charge on any atom is 0.116 e. The van der Waals surface area contributed by atoms with Crippen molar-refractivity contribution in [3.8, 4) is 44.8 Å². The van der Waals surface area contributed by atoms with E-state index in [2.05, 4.69) is 180 Å². The van der Waals surface area contributed by atoms with Crippen molar-refractivity contribution in [3.05, 3.63) is 181 Å². The van der Waals surface area contributed by atoms with Gasteiger partial charge in [0.05, 0.1) is 40.1 Å². The van der Waals surface area contributed by atoms with Gasteiger partial charge in [-0.15, -0.1) is 0 Å². The Morgan fingerprint density at radius 1 is 0.417 bits per heavy atom. The van der Waals surface area contributed by atoms with Crippen LogP contribution >= 0.6 is 0 Å². The molecule has 0 unspecified atom stereocenters. The monoisotopic (exact) mass is 770 g/mol. The maximum atomic E-state index is 4.97. The number of hydrogen-bond acceptors (Lipinski definition) is 4. The van der Waals surface area contributed by atoms with Crippen LogP contribution in [-0.4, -0.2) is 29.1 Å². The molecule has 0 saturated carbocycles. The molecule has 13 rings (SSSR count). The largest absolute Gasteiger partial charge is 0.306 e. The zero-order chi connectivity index (χ0) is 40.1. The Morgan fingerprint density at radius 2 is 0.917 bits per heavy atom. The minimum Gasteiger partial charge on any atom is -0.306 e. The number of aromatic nitrogens is 6. The molecule has 7 aromatic carbocycles. The number of benzene rings is 7. The molecular formula is C54H38N6. The van der Waals surface area contributed by atoms with Crippen molar-refractivity contribution in [2.45, 2.75) is 38.5 Å². The minimum absolute atomic E-state index is 0.165. The van der Waals surface area contributed by atoms with Crippen LogP contribution in [0.5, 0.6) is 0 Å². The lowest BCUT2D eigenvalue weighted by molar-refractivity contribution is 0.666. The van der Waals surface area contributed by atoms with Gasteiger partial charge in [0.2, 0.25) is 0 Å². The van der Waals surface area contributed by atoms with Crippen molar-refractivity contribution in [2.24, 2.45) is 0 Å². The van der Waals surface area contributed by atoms with Crippen molar-refractivity contribution in [1.82, 2.24) is 29.1 Å². The van der Waals surface area contributed by atoms with E-state index in [9.17, 15) is 0 Å². The highest BCUT2D eigenvalue weighted by Crippen LogP contribution is 2.54. The lowest BCUT2D eigenvalue weighted by Crippen LogP contribution is -2.15. The summed E-state index contributed by atoms with van der Waals surface area (Å²) in [6.45, 7) is 9.37. The first-order chi connectivity index (χ1) is 29.3. The second-order valence-corrected chi connectivity index (χ2v) is 17.5. The maximum absolute atomic E-state index is 4.97. The van der Waals surface area contributed by atoms with Gasteiger partial charge in [-0.2, -0.15) is 0 Å². The average Bonchev–Trinajstić information content (AvgIpc) is 3.95. The summed E-state index contributed by atoms with van der Waals surface area (Å²) in [4.78, 5) is 19.0. The SMILES string of the molecule is CC1(C)c2ccccc2-c2ccc3c(c21)c1ncncc1n3-c1ccc(-c2ccc(-n3c4cncnc4c4c5c(ccc43)-c3ccccc3C5(C)C)c3ccccc23)cc1. The molecule has 6 heteroatoms. The highest BCUT2D eigenvalue weighted by atomic mass is 15.0. The quantitative estimate of drug-likeness (QED) is 0.179. The fourth-order valence-electron chi connectivity index (χ4n) is 11.3. The van der Waals surface area contributed by atoms with Gasteiger partial charge in [0.25, 0.3) is 0 Å². The number of nitrogens with zero attached hydrogens (tertiary/aromatic N) is 6. The second-order valence-electron chi connectivity index (χ2n) is 17.5. The third-order valence-electron chi connectivity index (χ3n) is 13.8. The standard InChI is InChI=1S/C54H38N6/c1-53(2)40-15-9-7-12-35(40)38-22-25-43-47(49(38)53)51-45(27-55-29-57-51)59(43)32-19-17-31(18-20-32)33-21-24-42(37-14-6-5-11-34(33)37)60-44-26-23-39-36-13-8-10-16-41(36)54(3,4)50(39)48(44)52-46(60)28-56-30-58-52/h5-30H,1-4H3. The Labute approximate surface area is 346 Å². The van der Waals surface area contributed by atoms with Crippen LogP contribution in [-0.2, 0) is 10.8 Å². The normalized spacial score (nSPS) is 14.6. The Morgan fingerprint density at radius 3 is 1.52 bits per heavy atom. The summed E-state index contributed by atoms with van der Waals surface area (Å²) in [7, 11) is 0. The van der Waals surface area contributed by atoms with Gasteiger partial charge in [-0.25, -0.2) is 19.9 Å². The zero-order valence-electron chi connectivity index (χ0n) is 33.7. The molecule has 6 nitrogen and oxygen atoms in total. The fraction of sp³-hybridized carbons (Fsp3) is 0.111. The molecule has 284 valence electrons. The summed E-state index contributed by atoms with van der Waals surface area (Å²) in [6.07, 6.45) is 7.29. The van der Waals surface area contributed by atoms with Gasteiger partial charge >= 0.3 is 0 Å². The summed E-state index contributed by atoms with van der Waals surface area (Å²) in [5, 5.41) is 4.75. The predicted molar refractivity (Wildman–Crippen MR) is 244 cm³/mol. The molecule has 0 N–H and O–H groups in total. The van der Waals surface area contributed by atoms with Gasteiger partial charge < -0.3 is 9.13 Å². The molecule has 0 radical (unpaired) electrons. The lowest BCUT2D eigenvalue weighted by atomic mass is 9.81. The van der Waals surface area contributed by atoms with Crippen LogP contribution in [0, 0.1) is 0 Å². The van der Waals surface area contributed by atoms with Crippen molar-refractivity contribution >= 4 is 54.6 Å². The molecule has 4 heterocycles. The van der Waals surface area contributed by atoms with E-state index in [0.29, 0.717) is 0 Å². The van der Waals surface area contributed by atoms with E-state index in [1.165, 1.54) is 71.6 Å². The summed E-state index contributed by atoms with van der Waals surface area (Å²) in [5.74, 6) is 0. The van der Waals surface area contributed by atoms with Crippen molar-refractivity contribution in [1.29, 1.82) is 0 Å². The van der Waals surface area contributed by atoms with E-state index in [0.717, 1.165) is 50.0 Å². The molecule has 0 aliphatic heterocycles. The first kappa shape index (κ1) is 33.5. The molecular weight excluding hydrogens is 733 g/mol. The van der Waals surface area contributed by atoms with Crippen LogP contribution in [0.1, 0.15) is 49.9 Å². The van der Waals surface area contributed by atoms with E-state index in [4.69, 9.17) is 9.97 Å². The number of hydrogen-bond donors (Lipinski definition) is 0. The molecule has 11 aromatic rings. The van der Waals surface area contributed by atoms with Gasteiger partial charge in [-0.1, -0.05) is 131 Å². The third kappa shape index (κ3) is 4.17. The number of rotatable bonds is 3. The lowest BCUT2D eigenvalue weighted by Gasteiger charge is -2.22. The molecule has 2 aliphatic rings. The van der Waals surface area contributed by atoms with Crippen LogP contribution in [0.4, 0.5) is 0 Å². The minimum atomic E-state index is -0.178. The molecule has 2 aliphatic carbocycles. The van der Waals surface area contributed by atoms with E-state index in [1.54, 1.807) is 12.7 Å². The van der Waals surface area contributed by atoms with Gasteiger partial charge in [0, 0.05) is 32.7 Å². The van der Waals surface area contributed by atoms with Gasteiger partial charge in [-0.05, 0) is 91.4 Å². The average molecular weight is 771 g/mol. The summed E-state index contributed by atoms with van der Waals surface area (Å²) in [5.41, 5.74) is 21.0. The summed E-state index contributed by atoms with van der Waals surface area (Å²) in [6, 6.07) is 49.1. The molecule has 0 spiro atoms. The molecule has 60 heavy (non-hydrogen) atoms. The van der Waals surface area contributed by atoms with E-state index in [-0.39, 0.29) is 10.8 Å². The van der Waals surface area contributed by atoms with Crippen molar-refractivity contribution in [2.75, 3.05) is 0 Å². The Balaban J connectivity index is 0.969. The smallest absolute Gasteiger partial charge is 0.116 e. The molecule has 0 fully saturated rings. The van der Waals surface area contributed by atoms with Crippen LogP contribution in [0.3, 0.4) is 0 Å². The highest BCUT2D eigenvalue weighted by molar-refractivity contribution is 6.15. The van der Waals surface area contributed by atoms with Gasteiger partial charge in [0.15, 0.2) is 0 Å². The summed E-state index contributed by atoms with van der Waals surface area (Å²) >= 11 is 0. The highest BCUT2D eigenvalue weighted by Gasteiger charge is 2.40. The van der Waals surface area contributed by atoms with Crippen molar-refractivity contribution in [3.63, 3.8) is 0 Å². The zero-order valence-corrected chi connectivity index (χ0v) is 33.7. The molecule has 4 aromatic heterocycles.